The molecule has 1 fully saturated rings. The highest BCUT2D eigenvalue weighted by atomic mass is 32.2. The van der Waals surface area contributed by atoms with Gasteiger partial charge in [0, 0.05) is 32.4 Å². The van der Waals surface area contributed by atoms with Gasteiger partial charge in [-0.15, -0.1) is 0 Å². The molecule has 0 radical (unpaired) electrons. The Labute approximate surface area is 128 Å². The lowest BCUT2D eigenvalue weighted by Gasteiger charge is -2.36. The van der Waals surface area contributed by atoms with E-state index in [2.05, 4.69) is 5.16 Å². The van der Waals surface area contributed by atoms with Gasteiger partial charge in [-0.25, -0.2) is 13.2 Å². The molecule has 0 atom stereocenters. The van der Waals surface area contributed by atoms with Crippen molar-refractivity contribution in [1.82, 2.24) is 4.31 Å². The van der Waals surface area contributed by atoms with Crippen molar-refractivity contribution < 1.29 is 23.2 Å². The lowest BCUT2D eigenvalue weighted by Crippen LogP contribution is -2.46. The zero-order valence-corrected chi connectivity index (χ0v) is 12.6. The molecule has 1 aromatic rings. The summed E-state index contributed by atoms with van der Waals surface area (Å²) in [6, 6.07) is 8.27. The second-order valence-corrected chi connectivity index (χ2v) is 7.45. The fourth-order valence-electron chi connectivity index (χ4n) is 2.78. The second-order valence-electron chi connectivity index (χ2n) is 5.51. The largest absolute Gasteiger partial charge is 0.477 e. The van der Waals surface area contributed by atoms with Crippen molar-refractivity contribution in [1.29, 1.82) is 0 Å². The Morgan fingerprint density at radius 3 is 2.41 bits per heavy atom. The molecule has 1 N–H and O–H groups in total. The van der Waals surface area contributed by atoms with Crippen LogP contribution >= 0.6 is 0 Å². The summed E-state index contributed by atoms with van der Waals surface area (Å²) in [5, 5.41) is 12.5. The number of oxime groups is 1. The Kier molecular flexibility index (Phi) is 3.65. The number of sulfonamides is 1. The van der Waals surface area contributed by atoms with Gasteiger partial charge in [-0.3, -0.25) is 0 Å². The van der Waals surface area contributed by atoms with Gasteiger partial charge in [0.2, 0.25) is 10.0 Å². The van der Waals surface area contributed by atoms with E-state index in [1.807, 2.05) is 0 Å². The molecule has 0 bridgehead atoms. The van der Waals surface area contributed by atoms with Crippen molar-refractivity contribution in [3.8, 4) is 0 Å². The van der Waals surface area contributed by atoms with Crippen molar-refractivity contribution in [2.24, 2.45) is 5.16 Å². The summed E-state index contributed by atoms with van der Waals surface area (Å²) >= 11 is 0. The molecule has 1 aromatic carbocycles. The molecule has 0 unspecified atom stereocenters. The molecule has 118 valence electrons. The number of benzene rings is 1. The topological polar surface area (TPSA) is 96.3 Å². The molecule has 2 aliphatic rings. The van der Waals surface area contributed by atoms with Gasteiger partial charge in [0.25, 0.3) is 0 Å². The third kappa shape index (κ3) is 2.59. The maximum absolute atomic E-state index is 12.5. The van der Waals surface area contributed by atoms with Gasteiger partial charge in [0.15, 0.2) is 5.71 Å². The van der Waals surface area contributed by atoms with E-state index < -0.39 is 21.6 Å². The minimum atomic E-state index is -3.51. The highest BCUT2D eigenvalue weighted by Gasteiger charge is 2.45. The lowest BCUT2D eigenvalue weighted by atomic mass is 9.88. The summed E-state index contributed by atoms with van der Waals surface area (Å²) in [6.45, 7) is 0.583. The molecule has 3 rings (SSSR count). The molecular weight excluding hydrogens is 308 g/mol. The normalized spacial score (nSPS) is 21.4. The van der Waals surface area contributed by atoms with Gasteiger partial charge in [0.05, 0.1) is 4.90 Å². The van der Waals surface area contributed by atoms with Gasteiger partial charge in [-0.2, -0.15) is 4.31 Å². The van der Waals surface area contributed by atoms with E-state index in [4.69, 9.17) is 9.94 Å². The Hall–Kier alpha value is -1.93. The summed E-state index contributed by atoms with van der Waals surface area (Å²) in [5.41, 5.74) is -0.671. The van der Waals surface area contributed by atoms with Gasteiger partial charge in [0.1, 0.15) is 5.60 Å². The molecule has 7 nitrogen and oxygen atoms in total. The van der Waals surface area contributed by atoms with E-state index in [0.717, 1.165) is 0 Å². The Morgan fingerprint density at radius 1 is 1.23 bits per heavy atom. The third-order valence-electron chi connectivity index (χ3n) is 4.10. The van der Waals surface area contributed by atoms with E-state index in [1.54, 1.807) is 30.3 Å². The minimum absolute atomic E-state index is 0.000587. The zero-order chi connectivity index (χ0) is 15.8. The van der Waals surface area contributed by atoms with Gasteiger partial charge in [-0.05, 0) is 12.1 Å². The molecule has 8 heteroatoms. The Bertz CT molecular complexity index is 706. The molecular formula is C14H16N2O5S. The van der Waals surface area contributed by atoms with Crippen LogP contribution in [0.3, 0.4) is 0 Å². The number of carbonyl (C=O) groups is 1. The Balaban J connectivity index is 1.69. The van der Waals surface area contributed by atoms with E-state index in [0.29, 0.717) is 25.9 Å². The number of hydrogen-bond acceptors (Lipinski definition) is 5. The van der Waals surface area contributed by atoms with Crippen LogP contribution in [-0.2, 0) is 19.7 Å². The van der Waals surface area contributed by atoms with Crippen molar-refractivity contribution in [2.45, 2.75) is 29.8 Å². The average molecular weight is 324 g/mol. The van der Waals surface area contributed by atoms with Crippen LogP contribution in [-0.4, -0.2) is 48.2 Å². The SMILES string of the molecule is O=C(O)C1=NOC2(CCN(S(=O)(=O)c3ccccc3)CC2)C1. The summed E-state index contributed by atoms with van der Waals surface area (Å²) in [7, 11) is -3.51. The van der Waals surface area contributed by atoms with Crippen LogP contribution < -0.4 is 0 Å². The van der Waals surface area contributed by atoms with Crippen LogP contribution in [0.4, 0.5) is 0 Å². The van der Waals surface area contributed by atoms with Crippen molar-refractivity contribution in [3.05, 3.63) is 30.3 Å². The number of carboxylic acid groups (broad SMARTS) is 1. The first-order valence-corrected chi connectivity index (χ1v) is 8.41. The average Bonchev–Trinajstić information content (AvgIpc) is 2.93. The summed E-state index contributed by atoms with van der Waals surface area (Å²) < 4.78 is 26.5. The molecule has 2 heterocycles. The summed E-state index contributed by atoms with van der Waals surface area (Å²) in [5.74, 6) is -1.09. The van der Waals surface area contributed by atoms with Crippen LogP contribution in [0.1, 0.15) is 19.3 Å². The second kappa shape index (κ2) is 5.36. The minimum Gasteiger partial charge on any atom is -0.477 e. The first-order valence-electron chi connectivity index (χ1n) is 6.97. The number of nitrogens with zero attached hydrogens (tertiary/aromatic N) is 2. The number of piperidine rings is 1. The molecule has 2 aliphatic heterocycles. The van der Waals surface area contributed by atoms with Crippen molar-refractivity contribution in [3.63, 3.8) is 0 Å². The highest BCUT2D eigenvalue weighted by Crippen LogP contribution is 2.36. The number of carboxylic acids is 1. The molecule has 0 amide bonds. The summed E-state index contributed by atoms with van der Waals surface area (Å²) in [6.07, 6.45) is 1.08. The molecule has 22 heavy (non-hydrogen) atoms. The highest BCUT2D eigenvalue weighted by molar-refractivity contribution is 7.89. The molecule has 1 saturated heterocycles. The molecule has 0 saturated carbocycles. The van der Waals surface area contributed by atoms with E-state index >= 15 is 0 Å². The predicted octanol–water partition coefficient (Wildman–Crippen LogP) is 1.07. The predicted molar refractivity (Wildman–Crippen MR) is 77.9 cm³/mol. The third-order valence-corrected chi connectivity index (χ3v) is 6.01. The first kappa shape index (κ1) is 15.0. The van der Waals surface area contributed by atoms with Crippen LogP contribution in [0, 0.1) is 0 Å². The van der Waals surface area contributed by atoms with Gasteiger partial charge < -0.3 is 9.94 Å². The maximum atomic E-state index is 12.5. The van der Waals surface area contributed by atoms with Crippen LogP contribution in [0.15, 0.2) is 40.4 Å². The molecule has 0 aromatic heterocycles. The standard InChI is InChI=1S/C14H16N2O5S/c17-13(18)12-10-14(21-15-12)6-8-16(9-7-14)22(19,20)11-4-2-1-3-5-11/h1-5H,6-10H2,(H,17,18). The van der Waals surface area contributed by atoms with Gasteiger partial charge >= 0.3 is 5.97 Å². The molecule has 1 spiro atoms. The van der Waals surface area contributed by atoms with Crippen LogP contribution in [0.25, 0.3) is 0 Å². The first-order chi connectivity index (χ1) is 10.4. The lowest BCUT2D eigenvalue weighted by molar-refractivity contribution is -0.129. The zero-order valence-electron chi connectivity index (χ0n) is 11.8. The monoisotopic (exact) mass is 324 g/mol. The maximum Gasteiger partial charge on any atom is 0.353 e. The number of aliphatic carboxylic acids is 1. The number of rotatable bonds is 3. The van der Waals surface area contributed by atoms with Gasteiger partial charge in [-0.1, -0.05) is 23.4 Å². The Morgan fingerprint density at radius 2 is 1.86 bits per heavy atom. The quantitative estimate of drug-likeness (QED) is 0.897. The van der Waals surface area contributed by atoms with Crippen LogP contribution in [0.2, 0.25) is 0 Å². The van der Waals surface area contributed by atoms with Crippen LogP contribution in [0.5, 0.6) is 0 Å². The van der Waals surface area contributed by atoms with Crippen molar-refractivity contribution >= 4 is 21.7 Å². The molecule has 0 aliphatic carbocycles. The van der Waals surface area contributed by atoms with Crippen molar-refractivity contribution in [2.75, 3.05) is 13.1 Å². The fraction of sp³-hybridized carbons (Fsp3) is 0.429. The fourth-order valence-corrected chi connectivity index (χ4v) is 4.24. The number of hydrogen-bond donors (Lipinski definition) is 1. The van der Waals surface area contributed by atoms with E-state index in [1.165, 1.54) is 4.31 Å². The van der Waals surface area contributed by atoms with E-state index in [9.17, 15) is 13.2 Å². The smallest absolute Gasteiger partial charge is 0.353 e. The van der Waals surface area contributed by atoms with E-state index in [-0.39, 0.29) is 17.0 Å². The summed E-state index contributed by atoms with van der Waals surface area (Å²) in [4.78, 5) is 16.5.